The van der Waals surface area contributed by atoms with Crippen LogP contribution in [0.4, 0.5) is 0 Å². The van der Waals surface area contributed by atoms with Crippen LogP contribution in [0, 0.1) is 12.3 Å². The fourth-order valence-electron chi connectivity index (χ4n) is 2.49. The zero-order chi connectivity index (χ0) is 19.9. The number of nitrogens with zero attached hydrogens (tertiary/aromatic N) is 3. The van der Waals surface area contributed by atoms with Gasteiger partial charge in [0.15, 0.2) is 0 Å². The summed E-state index contributed by atoms with van der Waals surface area (Å²) in [7, 11) is 3.27. The fourth-order valence-corrected chi connectivity index (χ4v) is 2.49. The number of benzene rings is 2. The number of carbonyl (C=O) groups is 1. The second-order valence-electron chi connectivity index (χ2n) is 5.92. The van der Waals surface area contributed by atoms with Crippen molar-refractivity contribution in [3.8, 4) is 35.2 Å². The fraction of sp³-hybridized carbons (Fsp3) is 0.190. The highest BCUT2D eigenvalue weighted by Crippen LogP contribution is 2.20. The van der Waals surface area contributed by atoms with E-state index in [0.29, 0.717) is 23.0 Å². The first-order valence-electron chi connectivity index (χ1n) is 8.49. The molecule has 0 spiro atoms. The first-order chi connectivity index (χ1) is 13.6. The highest BCUT2D eigenvalue weighted by molar-refractivity contribution is 5.94. The highest BCUT2D eigenvalue weighted by atomic mass is 16.5. The number of amides is 1. The quantitative estimate of drug-likeness (QED) is 0.589. The Bertz CT molecular complexity index is 972. The van der Waals surface area contributed by atoms with Crippen LogP contribution >= 0.6 is 0 Å². The van der Waals surface area contributed by atoms with Crippen molar-refractivity contribution in [3.05, 3.63) is 60.0 Å². The van der Waals surface area contributed by atoms with Gasteiger partial charge in [0.05, 0.1) is 13.7 Å². The Labute approximate surface area is 162 Å². The number of methoxy groups -OCH3 is 1. The van der Waals surface area contributed by atoms with Crippen molar-refractivity contribution >= 4 is 5.91 Å². The van der Waals surface area contributed by atoms with E-state index in [2.05, 4.69) is 16.1 Å². The van der Waals surface area contributed by atoms with Crippen molar-refractivity contribution in [1.29, 1.82) is 0 Å². The van der Waals surface area contributed by atoms with Gasteiger partial charge in [-0.3, -0.25) is 4.79 Å². The summed E-state index contributed by atoms with van der Waals surface area (Å²) in [5.74, 6) is 4.37. The molecule has 0 atom stereocenters. The van der Waals surface area contributed by atoms with E-state index < -0.39 is 0 Å². The summed E-state index contributed by atoms with van der Waals surface area (Å²) >= 11 is 0. The van der Waals surface area contributed by atoms with Crippen LogP contribution in [0.1, 0.15) is 16.2 Å². The number of terminal acetylenes is 1. The first kappa shape index (κ1) is 19.0. The van der Waals surface area contributed by atoms with Gasteiger partial charge in [0.1, 0.15) is 18.1 Å². The van der Waals surface area contributed by atoms with Crippen LogP contribution in [-0.4, -0.2) is 41.7 Å². The smallest absolute Gasteiger partial charge is 0.254 e. The molecule has 3 aromatic rings. The van der Waals surface area contributed by atoms with Crippen molar-refractivity contribution in [2.75, 3.05) is 20.8 Å². The summed E-state index contributed by atoms with van der Waals surface area (Å²) < 4.78 is 15.7. The topological polar surface area (TPSA) is 77.7 Å². The average molecular weight is 377 g/mol. The number of hydrogen-bond donors (Lipinski definition) is 0. The van der Waals surface area contributed by atoms with E-state index in [1.165, 1.54) is 4.90 Å². The van der Waals surface area contributed by atoms with Crippen LogP contribution in [-0.2, 0) is 6.54 Å². The number of aromatic nitrogens is 2. The third-order valence-electron chi connectivity index (χ3n) is 3.96. The Hall–Kier alpha value is -3.79. The summed E-state index contributed by atoms with van der Waals surface area (Å²) in [6, 6.07) is 14.1. The molecule has 0 unspecified atom stereocenters. The Morgan fingerprint density at radius 2 is 1.82 bits per heavy atom. The van der Waals surface area contributed by atoms with Gasteiger partial charge in [0.2, 0.25) is 11.7 Å². The maximum Gasteiger partial charge on any atom is 0.254 e. The summed E-state index contributed by atoms with van der Waals surface area (Å²) in [6.45, 7) is 0.373. The van der Waals surface area contributed by atoms with E-state index in [1.54, 1.807) is 38.4 Å². The first-order valence-corrected chi connectivity index (χ1v) is 8.49. The largest absolute Gasteiger partial charge is 0.497 e. The minimum absolute atomic E-state index is 0.173. The van der Waals surface area contributed by atoms with Crippen molar-refractivity contribution in [2.45, 2.75) is 6.54 Å². The summed E-state index contributed by atoms with van der Waals surface area (Å²) in [5, 5.41) is 3.97. The van der Waals surface area contributed by atoms with Gasteiger partial charge in [-0.2, -0.15) is 4.98 Å². The zero-order valence-corrected chi connectivity index (χ0v) is 15.6. The van der Waals surface area contributed by atoms with Gasteiger partial charge in [0.25, 0.3) is 5.91 Å². The molecule has 1 amide bonds. The molecule has 0 saturated heterocycles. The molecule has 0 aliphatic carbocycles. The lowest BCUT2D eigenvalue weighted by Gasteiger charge is -2.15. The van der Waals surface area contributed by atoms with Gasteiger partial charge >= 0.3 is 0 Å². The number of carbonyl (C=O) groups excluding carboxylic acids is 1. The third-order valence-corrected chi connectivity index (χ3v) is 3.96. The van der Waals surface area contributed by atoms with Gasteiger partial charge in [-0.15, -0.1) is 6.42 Å². The maximum absolute atomic E-state index is 12.6. The molecule has 2 aromatic carbocycles. The highest BCUT2D eigenvalue weighted by Gasteiger charge is 2.16. The second kappa shape index (κ2) is 8.73. The molecule has 0 aliphatic heterocycles. The van der Waals surface area contributed by atoms with Gasteiger partial charge in [0, 0.05) is 18.2 Å². The van der Waals surface area contributed by atoms with Gasteiger partial charge < -0.3 is 18.9 Å². The molecule has 0 fully saturated rings. The van der Waals surface area contributed by atoms with E-state index in [-0.39, 0.29) is 19.1 Å². The van der Waals surface area contributed by atoms with Gasteiger partial charge in [-0.1, -0.05) is 11.1 Å². The van der Waals surface area contributed by atoms with E-state index in [1.807, 2.05) is 24.3 Å². The molecule has 142 valence electrons. The minimum Gasteiger partial charge on any atom is -0.497 e. The number of ether oxygens (including phenoxy) is 2. The predicted molar refractivity (Wildman–Crippen MR) is 103 cm³/mol. The molecule has 0 bridgehead atoms. The Balaban J connectivity index is 1.64. The van der Waals surface area contributed by atoms with Crippen LogP contribution in [0.3, 0.4) is 0 Å². The lowest BCUT2D eigenvalue weighted by molar-refractivity contribution is 0.0769. The predicted octanol–water partition coefficient (Wildman–Crippen LogP) is 3.03. The Kier molecular flexibility index (Phi) is 5.92. The van der Waals surface area contributed by atoms with E-state index in [0.717, 1.165) is 11.3 Å². The molecule has 1 aromatic heterocycles. The molecule has 7 heteroatoms. The SMILES string of the molecule is C#CCOc1ccc(C(=O)N(C)Cc2nc(-c3ccc(OC)cc3)no2)cc1. The molecule has 0 N–H and O–H groups in total. The average Bonchev–Trinajstić information content (AvgIpc) is 3.20. The monoisotopic (exact) mass is 377 g/mol. The molecular formula is C21H19N3O4. The second-order valence-corrected chi connectivity index (χ2v) is 5.92. The summed E-state index contributed by atoms with van der Waals surface area (Å²) in [6.07, 6.45) is 5.16. The van der Waals surface area contributed by atoms with Crippen LogP contribution in [0.25, 0.3) is 11.4 Å². The molecule has 0 aliphatic rings. The van der Waals surface area contributed by atoms with E-state index in [9.17, 15) is 4.79 Å². The van der Waals surface area contributed by atoms with Crippen LogP contribution < -0.4 is 9.47 Å². The lowest BCUT2D eigenvalue weighted by atomic mass is 10.2. The van der Waals surface area contributed by atoms with E-state index in [4.69, 9.17) is 20.4 Å². The van der Waals surface area contributed by atoms with Crippen LogP contribution in [0.2, 0.25) is 0 Å². The molecule has 0 saturated carbocycles. The zero-order valence-electron chi connectivity index (χ0n) is 15.6. The third kappa shape index (κ3) is 4.48. The maximum atomic E-state index is 12.6. The van der Waals surface area contributed by atoms with Gasteiger partial charge in [-0.05, 0) is 48.5 Å². The standard InChI is InChI=1S/C21H19N3O4/c1-4-13-27-18-11-7-16(8-12-18)21(25)24(2)14-19-22-20(23-28-19)15-5-9-17(26-3)10-6-15/h1,5-12H,13-14H2,2-3H3. The minimum atomic E-state index is -0.173. The Morgan fingerprint density at radius 1 is 1.14 bits per heavy atom. The summed E-state index contributed by atoms with van der Waals surface area (Å²) in [5.41, 5.74) is 1.32. The van der Waals surface area contributed by atoms with Crippen molar-refractivity contribution in [3.63, 3.8) is 0 Å². The molecule has 1 heterocycles. The normalized spacial score (nSPS) is 10.2. The Morgan fingerprint density at radius 3 is 2.46 bits per heavy atom. The van der Waals surface area contributed by atoms with Crippen molar-refractivity contribution in [1.82, 2.24) is 15.0 Å². The lowest BCUT2D eigenvalue weighted by Crippen LogP contribution is -2.26. The molecule has 28 heavy (non-hydrogen) atoms. The van der Waals surface area contributed by atoms with Crippen molar-refractivity contribution in [2.24, 2.45) is 0 Å². The van der Waals surface area contributed by atoms with Crippen molar-refractivity contribution < 1.29 is 18.8 Å². The van der Waals surface area contributed by atoms with E-state index >= 15 is 0 Å². The number of hydrogen-bond acceptors (Lipinski definition) is 6. The van der Waals surface area contributed by atoms with Crippen LogP contribution in [0.15, 0.2) is 53.1 Å². The van der Waals surface area contributed by atoms with Gasteiger partial charge in [-0.25, -0.2) is 0 Å². The molecule has 3 rings (SSSR count). The summed E-state index contributed by atoms with van der Waals surface area (Å²) in [4.78, 5) is 18.4. The molecule has 7 nitrogen and oxygen atoms in total. The molecular weight excluding hydrogens is 358 g/mol. The molecule has 0 radical (unpaired) electrons. The number of rotatable bonds is 7. The van der Waals surface area contributed by atoms with Crippen LogP contribution in [0.5, 0.6) is 11.5 Å².